The highest BCUT2D eigenvalue weighted by Crippen LogP contribution is 2.26. The van der Waals surface area contributed by atoms with Crippen LogP contribution in [0.25, 0.3) is 0 Å². The third-order valence-corrected chi connectivity index (χ3v) is 3.40. The van der Waals surface area contributed by atoms with Gasteiger partial charge in [0.2, 0.25) is 0 Å². The Bertz CT molecular complexity index is 525. The molecule has 0 aliphatic carbocycles. The van der Waals surface area contributed by atoms with Gasteiger partial charge in [0.1, 0.15) is 0 Å². The van der Waals surface area contributed by atoms with Crippen molar-refractivity contribution in [2.24, 2.45) is 0 Å². The van der Waals surface area contributed by atoms with E-state index < -0.39 is 0 Å². The van der Waals surface area contributed by atoms with E-state index in [0.717, 1.165) is 16.4 Å². The molecule has 0 fully saturated rings. The molecule has 1 aromatic carbocycles. The standard InChI is InChI=1S/C12H16ClN5/c1-8(14-3)12-15-16-17-18(12)9(2)10-6-4-5-7-11(10)13/h4-9,14H,1-3H3. The van der Waals surface area contributed by atoms with Crippen molar-refractivity contribution in [2.75, 3.05) is 7.05 Å². The van der Waals surface area contributed by atoms with Crippen LogP contribution in [0.5, 0.6) is 0 Å². The predicted octanol–water partition coefficient (Wildman–Crippen LogP) is 2.22. The molecule has 18 heavy (non-hydrogen) atoms. The first kappa shape index (κ1) is 13.0. The van der Waals surface area contributed by atoms with E-state index in [-0.39, 0.29) is 12.1 Å². The molecule has 0 bridgehead atoms. The second-order valence-electron chi connectivity index (χ2n) is 4.19. The molecule has 0 spiro atoms. The van der Waals surface area contributed by atoms with E-state index in [1.807, 2.05) is 45.2 Å². The molecular formula is C12H16ClN5. The van der Waals surface area contributed by atoms with Gasteiger partial charge in [-0.05, 0) is 43.0 Å². The smallest absolute Gasteiger partial charge is 0.168 e. The fourth-order valence-corrected chi connectivity index (χ4v) is 2.13. The van der Waals surface area contributed by atoms with Crippen LogP contribution in [-0.4, -0.2) is 27.3 Å². The molecule has 1 aromatic heterocycles. The van der Waals surface area contributed by atoms with Crippen LogP contribution >= 0.6 is 11.6 Å². The summed E-state index contributed by atoms with van der Waals surface area (Å²) in [5.74, 6) is 0.796. The molecule has 2 rings (SSSR count). The van der Waals surface area contributed by atoms with Crippen molar-refractivity contribution < 1.29 is 0 Å². The number of benzene rings is 1. The van der Waals surface area contributed by atoms with Crippen LogP contribution in [0.2, 0.25) is 5.02 Å². The summed E-state index contributed by atoms with van der Waals surface area (Å²) in [5.41, 5.74) is 1.01. The molecule has 0 saturated heterocycles. The number of rotatable bonds is 4. The van der Waals surface area contributed by atoms with Crippen LogP contribution in [0.15, 0.2) is 24.3 Å². The average Bonchev–Trinajstić information content (AvgIpc) is 2.86. The van der Waals surface area contributed by atoms with E-state index in [0.29, 0.717) is 0 Å². The van der Waals surface area contributed by atoms with Crippen LogP contribution in [-0.2, 0) is 0 Å². The number of hydrogen-bond acceptors (Lipinski definition) is 4. The van der Waals surface area contributed by atoms with Gasteiger partial charge in [0, 0.05) is 5.02 Å². The highest BCUT2D eigenvalue weighted by Gasteiger charge is 2.19. The van der Waals surface area contributed by atoms with Gasteiger partial charge in [-0.3, -0.25) is 0 Å². The zero-order valence-electron chi connectivity index (χ0n) is 10.6. The SMILES string of the molecule is CNC(C)c1nnnn1C(C)c1ccccc1Cl. The number of nitrogens with one attached hydrogen (secondary N) is 1. The molecule has 96 valence electrons. The summed E-state index contributed by atoms with van der Waals surface area (Å²) in [6.07, 6.45) is 0. The third-order valence-electron chi connectivity index (χ3n) is 3.06. The second-order valence-corrected chi connectivity index (χ2v) is 4.60. The molecule has 2 aromatic rings. The summed E-state index contributed by atoms with van der Waals surface area (Å²) in [4.78, 5) is 0. The first-order valence-electron chi connectivity index (χ1n) is 5.84. The van der Waals surface area contributed by atoms with E-state index >= 15 is 0 Å². The molecule has 0 aliphatic rings. The van der Waals surface area contributed by atoms with Gasteiger partial charge in [-0.2, -0.15) is 0 Å². The molecule has 1 N–H and O–H groups in total. The highest BCUT2D eigenvalue weighted by atomic mass is 35.5. The Hall–Kier alpha value is -1.46. The quantitative estimate of drug-likeness (QED) is 0.921. The topological polar surface area (TPSA) is 55.6 Å². The molecule has 0 aliphatic heterocycles. The van der Waals surface area contributed by atoms with Gasteiger partial charge in [0.15, 0.2) is 5.82 Å². The van der Waals surface area contributed by atoms with Crippen molar-refractivity contribution in [2.45, 2.75) is 25.9 Å². The Morgan fingerprint density at radius 2 is 2.00 bits per heavy atom. The van der Waals surface area contributed by atoms with Crippen molar-refractivity contribution in [1.82, 2.24) is 25.5 Å². The molecular weight excluding hydrogens is 250 g/mol. The van der Waals surface area contributed by atoms with E-state index in [1.165, 1.54) is 0 Å². The van der Waals surface area contributed by atoms with Crippen LogP contribution in [0.3, 0.4) is 0 Å². The summed E-state index contributed by atoms with van der Waals surface area (Å²) in [7, 11) is 1.88. The first-order valence-corrected chi connectivity index (χ1v) is 6.22. The molecule has 5 nitrogen and oxygen atoms in total. The number of halogens is 1. The van der Waals surface area contributed by atoms with Crippen molar-refractivity contribution >= 4 is 11.6 Å². The highest BCUT2D eigenvalue weighted by molar-refractivity contribution is 6.31. The van der Waals surface area contributed by atoms with Gasteiger partial charge in [-0.25, -0.2) is 4.68 Å². The van der Waals surface area contributed by atoms with Crippen molar-refractivity contribution in [1.29, 1.82) is 0 Å². The van der Waals surface area contributed by atoms with Gasteiger partial charge in [-0.1, -0.05) is 29.8 Å². The van der Waals surface area contributed by atoms with Crippen molar-refractivity contribution in [3.63, 3.8) is 0 Å². The molecule has 1 heterocycles. The van der Waals surface area contributed by atoms with Crippen LogP contribution in [0, 0.1) is 0 Å². The molecule has 0 amide bonds. The lowest BCUT2D eigenvalue weighted by atomic mass is 10.1. The maximum Gasteiger partial charge on any atom is 0.168 e. The van der Waals surface area contributed by atoms with Gasteiger partial charge in [0.05, 0.1) is 12.1 Å². The first-order chi connectivity index (χ1) is 8.65. The van der Waals surface area contributed by atoms with Gasteiger partial charge < -0.3 is 5.32 Å². The molecule has 6 heteroatoms. The van der Waals surface area contributed by atoms with Crippen LogP contribution < -0.4 is 5.32 Å². The number of nitrogens with zero attached hydrogens (tertiary/aromatic N) is 4. The van der Waals surface area contributed by atoms with E-state index in [1.54, 1.807) is 4.68 Å². The second kappa shape index (κ2) is 5.46. The van der Waals surface area contributed by atoms with E-state index in [4.69, 9.17) is 11.6 Å². The van der Waals surface area contributed by atoms with Gasteiger partial charge in [-0.15, -0.1) is 5.10 Å². The summed E-state index contributed by atoms with van der Waals surface area (Å²) < 4.78 is 1.79. The fraction of sp³-hybridized carbons (Fsp3) is 0.417. The predicted molar refractivity (Wildman–Crippen MR) is 70.6 cm³/mol. The van der Waals surface area contributed by atoms with E-state index in [2.05, 4.69) is 20.8 Å². The van der Waals surface area contributed by atoms with Crippen molar-refractivity contribution in [3.8, 4) is 0 Å². The Balaban J connectivity index is 2.38. The zero-order valence-corrected chi connectivity index (χ0v) is 11.4. The molecule has 0 saturated carbocycles. The summed E-state index contributed by atoms with van der Waals surface area (Å²) in [6, 6.07) is 7.82. The normalized spacial score (nSPS) is 14.4. The van der Waals surface area contributed by atoms with E-state index in [9.17, 15) is 0 Å². The Kier molecular flexibility index (Phi) is 3.93. The summed E-state index contributed by atoms with van der Waals surface area (Å²) in [6.45, 7) is 4.05. The number of tetrazole rings is 1. The minimum Gasteiger partial charge on any atom is -0.311 e. The number of aromatic nitrogens is 4. The summed E-state index contributed by atoms with van der Waals surface area (Å²) >= 11 is 6.20. The average molecular weight is 266 g/mol. The van der Waals surface area contributed by atoms with Gasteiger partial charge >= 0.3 is 0 Å². The Labute approximate surface area is 111 Å². The maximum atomic E-state index is 6.20. The Morgan fingerprint density at radius 1 is 1.28 bits per heavy atom. The lowest BCUT2D eigenvalue weighted by Crippen LogP contribution is -2.21. The molecule has 2 unspecified atom stereocenters. The van der Waals surface area contributed by atoms with Crippen molar-refractivity contribution in [3.05, 3.63) is 40.7 Å². The number of hydrogen-bond donors (Lipinski definition) is 1. The lowest BCUT2D eigenvalue weighted by molar-refractivity contribution is 0.482. The maximum absolute atomic E-state index is 6.20. The Morgan fingerprint density at radius 3 is 2.67 bits per heavy atom. The van der Waals surface area contributed by atoms with Crippen LogP contribution in [0.4, 0.5) is 0 Å². The van der Waals surface area contributed by atoms with Crippen LogP contribution in [0.1, 0.15) is 37.3 Å². The fourth-order valence-electron chi connectivity index (χ4n) is 1.84. The minimum absolute atomic E-state index is 0.000463. The molecule has 0 radical (unpaired) electrons. The minimum atomic E-state index is -0.000463. The monoisotopic (exact) mass is 265 g/mol. The molecule has 2 atom stereocenters. The largest absolute Gasteiger partial charge is 0.311 e. The third kappa shape index (κ3) is 2.37. The summed E-state index contributed by atoms with van der Waals surface area (Å²) in [5, 5.41) is 15.7. The zero-order chi connectivity index (χ0) is 13.1. The van der Waals surface area contributed by atoms with Gasteiger partial charge in [0.25, 0.3) is 0 Å². The lowest BCUT2D eigenvalue weighted by Gasteiger charge is -2.17.